The molecule has 4 N–H and O–H groups in total. The van der Waals surface area contributed by atoms with Crippen molar-refractivity contribution in [2.24, 2.45) is 5.73 Å². The first-order valence-electron chi connectivity index (χ1n) is 8.79. The van der Waals surface area contributed by atoms with Crippen LogP contribution in [0.25, 0.3) is 10.9 Å². The van der Waals surface area contributed by atoms with Crippen LogP contribution in [-0.2, 0) is 21.2 Å². The Morgan fingerprint density at radius 1 is 1.31 bits per heavy atom. The van der Waals surface area contributed by atoms with Crippen LogP contribution in [0.1, 0.15) is 32.8 Å². The van der Waals surface area contributed by atoms with Crippen LogP contribution in [0, 0.1) is 23.7 Å². The maximum atomic E-state index is 12.1. The number of fused-ring (bicyclic) bond motifs is 1. The fourth-order valence-electron chi connectivity index (χ4n) is 2.54. The number of hydroxylamine groups is 1. The average Bonchev–Trinajstić information content (AvgIpc) is 3.03. The number of benzene rings is 1. The third-order valence-electron chi connectivity index (χ3n) is 4.50. The third kappa shape index (κ3) is 5.36. The van der Waals surface area contributed by atoms with Crippen LogP contribution in [-0.4, -0.2) is 45.9 Å². The van der Waals surface area contributed by atoms with E-state index in [1.165, 1.54) is 12.4 Å². The van der Waals surface area contributed by atoms with Gasteiger partial charge < -0.3 is 5.73 Å². The quantitative estimate of drug-likeness (QED) is 0.376. The number of aromatic nitrogens is 2. The van der Waals surface area contributed by atoms with Crippen molar-refractivity contribution in [3.63, 3.8) is 0 Å². The second-order valence-electron chi connectivity index (χ2n) is 7.56. The SMILES string of the molecule is CC(C)(N)C#CC#Cc1ccc2c(cnn2CCC(C)(C(=O)NO)S(C)(=O)=O)c1. The molecule has 0 aliphatic rings. The second-order valence-corrected chi connectivity index (χ2v) is 10.0. The van der Waals surface area contributed by atoms with E-state index in [9.17, 15) is 13.2 Å². The topological polar surface area (TPSA) is 127 Å². The average molecular weight is 417 g/mol. The molecule has 2 rings (SSSR count). The molecule has 1 atom stereocenters. The summed E-state index contributed by atoms with van der Waals surface area (Å²) < 4.78 is 24.0. The van der Waals surface area contributed by atoms with Crippen molar-refractivity contribution in [2.75, 3.05) is 6.26 Å². The molecular formula is C20H24N4O4S. The van der Waals surface area contributed by atoms with Crippen LogP contribution in [0.5, 0.6) is 0 Å². The van der Waals surface area contributed by atoms with E-state index in [4.69, 9.17) is 10.9 Å². The van der Waals surface area contributed by atoms with E-state index in [0.717, 1.165) is 22.7 Å². The van der Waals surface area contributed by atoms with E-state index >= 15 is 0 Å². The van der Waals surface area contributed by atoms with E-state index in [2.05, 4.69) is 28.8 Å². The highest BCUT2D eigenvalue weighted by molar-refractivity contribution is 7.92. The summed E-state index contributed by atoms with van der Waals surface area (Å²) in [7, 11) is -3.77. The summed E-state index contributed by atoms with van der Waals surface area (Å²) in [6.07, 6.45) is 2.54. The number of carbonyl (C=O) groups excluding carboxylic acids is 1. The normalized spacial score (nSPS) is 13.6. The number of aryl methyl sites for hydroxylation is 1. The molecular weight excluding hydrogens is 392 g/mol. The standard InChI is InChI=1S/C20H24N4O4S/c1-19(2,21)10-6-5-7-15-8-9-17-16(13-15)14-22-24(17)12-11-20(3,18(25)23-26)29(4,27)28/h8-9,13-14,26H,11-12,21H2,1-4H3,(H,23,25). The Hall–Kier alpha value is -2.85. The summed E-state index contributed by atoms with van der Waals surface area (Å²) >= 11 is 0. The van der Waals surface area contributed by atoms with Gasteiger partial charge in [-0.05, 0) is 57.2 Å². The summed E-state index contributed by atoms with van der Waals surface area (Å²) in [5.41, 5.74) is 8.13. The largest absolute Gasteiger partial charge is 0.316 e. The van der Waals surface area contributed by atoms with Gasteiger partial charge in [-0.15, -0.1) is 0 Å². The first kappa shape index (κ1) is 22.4. The molecule has 0 bridgehead atoms. The zero-order valence-electron chi connectivity index (χ0n) is 16.8. The van der Waals surface area contributed by atoms with Gasteiger partial charge in [0.1, 0.15) is 0 Å². The highest BCUT2D eigenvalue weighted by atomic mass is 32.2. The maximum Gasteiger partial charge on any atom is 0.264 e. The number of hydrogen-bond donors (Lipinski definition) is 3. The van der Waals surface area contributed by atoms with Crippen molar-refractivity contribution in [3.05, 3.63) is 30.0 Å². The first-order chi connectivity index (χ1) is 13.4. The molecule has 1 aromatic carbocycles. The molecule has 9 heteroatoms. The summed E-state index contributed by atoms with van der Waals surface area (Å²) in [5.74, 6) is 10.3. The smallest absolute Gasteiger partial charge is 0.264 e. The van der Waals surface area contributed by atoms with Gasteiger partial charge in [0.05, 0.1) is 17.3 Å². The van der Waals surface area contributed by atoms with Crippen molar-refractivity contribution in [3.8, 4) is 23.7 Å². The Morgan fingerprint density at radius 3 is 2.59 bits per heavy atom. The molecule has 0 fully saturated rings. The van der Waals surface area contributed by atoms with Crippen molar-refractivity contribution < 1.29 is 18.4 Å². The van der Waals surface area contributed by atoms with Gasteiger partial charge in [-0.25, -0.2) is 13.9 Å². The Kier molecular flexibility index (Phi) is 6.39. The van der Waals surface area contributed by atoms with E-state index in [1.54, 1.807) is 30.8 Å². The van der Waals surface area contributed by atoms with Gasteiger partial charge in [0.15, 0.2) is 14.6 Å². The molecule has 2 aromatic rings. The minimum Gasteiger partial charge on any atom is -0.316 e. The van der Waals surface area contributed by atoms with Crippen molar-refractivity contribution in [2.45, 2.75) is 44.0 Å². The molecule has 0 spiro atoms. The molecule has 1 heterocycles. The Balaban J connectivity index is 2.25. The number of carbonyl (C=O) groups is 1. The van der Waals surface area contributed by atoms with E-state index in [-0.39, 0.29) is 13.0 Å². The number of hydrogen-bond acceptors (Lipinski definition) is 6. The Morgan fingerprint density at radius 2 is 2.00 bits per heavy atom. The summed E-state index contributed by atoms with van der Waals surface area (Å²) in [6.45, 7) is 5.03. The fourth-order valence-corrected chi connectivity index (χ4v) is 3.39. The molecule has 0 aliphatic heterocycles. The van der Waals surface area contributed by atoms with Crippen LogP contribution >= 0.6 is 0 Å². The molecule has 0 saturated carbocycles. The van der Waals surface area contributed by atoms with Crippen molar-refractivity contribution in [1.82, 2.24) is 15.3 Å². The lowest BCUT2D eigenvalue weighted by Crippen LogP contribution is -2.49. The van der Waals surface area contributed by atoms with Gasteiger partial charge in [-0.1, -0.05) is 11.8 Å². The number of nitrogens with one attached hydrogen (secondary N) is 1. The predicted octanol–water partition coefficient (Wildman–Crippen LogP) is 0.827. The van der Waals surface area contributed by atoms with Crippen molar-refractivity contribution in [1.29, 1.82) is 0 Å². The van der Waals surface area contributed by atoms with Crippen LogP contribution in [0.3, 0.4) is 0 Å². The summed E-state index contributed by atoms with van der Waals surface area (Å²) in [4.78, 5) is 11.9. The predicted molar refractivity (Wildman–Crippen MR) is 110 cm³/mol. The Labute approximate surface area is 170 Å². The van der Waals surface area contributed by atoms with Gasteiger partial charge in [0.2, 0.25) is 0 Å². The molecule has 1 unspecified atom stereocenters. The van der Waals surface area contributed by atoms with Gasteiger partial charge in [-0.2, -0.15) is 5.10 Å². The highest BCUT2D eigenvalue weighted by Gasteiger charge is 2.43. The third-order valence-corrected chi connectivity index (χ3v) is 6.52. The second kappa shape index (κ2) is 8.26. The number of sulfone groups is 1. The lowest BCUT2D eigenvalue weighted by molar-refractivity contribution is -0.131. The highest BCUT2D eigenvalue weighted by Crippen LogP contribution is 2.24. The minimum atomic E-state index is -3.77. The number of nitrogens with zero attached hydrogens (tertiary/aromatic N) is 2. The molecule has 1 amide bonds. The fraction of sp³-hybridized carbons (Fsp3) is 0.400. The van der Waals surface area contributed by atoms with Gasteiger partial charge >= 0.3 is 0 Å². The van der Waals surface area contributed by atoms with Crippen LogP contribution < -0.4 is 11.2 Å². The maximum absolute atomic E-state index is 12.1. The van der Waals surface area contributed by atoms with Crippen LogP contribution in [0.4, 0.5) is 0 Å². The van der Waals surface area contributed by atoms with Crippen molar-refractivity contribution >= 4 is 26.6 Å². The van der Waals surface area contributed by atoms with E-state index in [0.29, 0.717) is 0 Å². The minimum absolute atomic E-state index is 0.0545. The molecule has 1 aromatic heterocycles. The Bertz CT molecular complexity index is 1150. The van der Waals surface area contributed by atoms with Gasteiger partial charge in [0, 0.05) is 23.8 Å². The monoisotopic (exact) mass is 416 g/mol. The number of nitrogens with two attached hydrogens (primary N) is 1. The lowest BCUT2D eigenvalue weighted by Gasteiger charge is -2.25. The van der Waals surface area contributed by atoms with Gasteiger partial charge in [0.25, 0.3) is 5.91 Å². The summed E-state index contributed by atoms with van der Waals surface area (Å²) in [6, 6.07) is 5.47. The zero-order chi connectivity index (χ0) is 21.9. The molecule has 8 nitrogen and oxygen atoms in total. The van der Waals surface area contributed by atoms with E-state index < -0.39 is 26.0 Å². The summed E-state index contributed by atoms with van der Waals surface area (Å²) in [5, 5.41) is 14.0. The zero-order valence-corrected chi connectivity index (χ0v) is 17.6. The molecule has 0 saturated heterocycles. The molecule has 29 heavy (non-hydrogen) atoms. The molecule has 0 aliphatic carbocycles. The first-order valence-corrected chi connectivity index (χ1v) is 10.7. The lowest BCUT2D eigenvalue weighted by atomic mass is 10.1. The van der Waals surface area contributed by atoms with Crippen LogP contribution in [0.2, 0.25) is 0 Å². The molecule has 0 radical (unpaired) electrons. The van der Waals surface area contributed by atoms with E-state index in [1.807, 2.05) is 12.1 Å². The number of amides is 1. The van der Waals surface area contributed by atoms with Crippen LogP contribution in [0.15, 0.2) is 24.4 Å². The van der Waals surface area contributed by atoms with Gasteiger partial charge in [-0.3, -0.25) is 14.7 Å². The number of rotatable bonds is 5. The molecule has 154 valence electrons.